The van der Waals surface area contributed by atoms with E-state index in [1.54, 1.807) is 0 Å². The van der Waals surface area contributed by atoms with Crippen molar-refractivity contribution in [3.63, 3.8) is 0 Å². The molecule has 0 atom stereocenters. The van der Waals surface area contributed by atoms with Crippen LogP contribution in [-0.4, -0.2) is 8.80 Å². The maximum absolute atomic E-state index is 2.58. The molecule has 0 unspecified atom stereocenters. The molecule has 17 aromatic rings. The second-order valence-corrected chi connectivity index (χ2v) is 27.4. The maximum atomic E-state index is 2.58. The largest absolute Gasteiger partial charge is 0.309 e. The molecule has 0 amide bonds. The fourth-order valence-electron chi connectivity index (χ4n) is 15.1. The average molecular weight is 1180 g/mol. The Morgan fingerprint density at radius 3 is 0.902 bits per heavy atom. The first-order valence-electron chi connectivity index (χ1n) is 32.4. The van der Waals surface area contributed by atoms with Crippen LogP contribution < -0.4 is 9.80 Å². The van der Waals surface area contributed by atoms with Gasteiger partial charge in [-0.25, -0.2) is 0 Å². The number of hydrogen-bond donors (Lipinski definition) is 0. The number of aromatic nitrogens is 2. The van der Waals surface area contributed by atoms with Gasteiger partial charge in [-0.05, 0) is 143 Å². The summed E-state index contributed by atoms with van der Waals surface area (Å²) >= 11 is 0. The summed E-state index contributed by atoms with van der Waals surface area (Å²) in [7, 11) is 0. The Morgan fingerprint density at radius 1 is 0.250 bits per heavy atom. The summed E-state index contributed by atoms with van der Waals surface area (Å²) in [5, 5.41) is 9.80. The van der Waals surface area contributed by atoms with E-state index in [1.807, 2.05) is 0 Å². The van der Waals surface area contributed by atoms with Crippen molar-refractivity contribution in [2.24, 2.45) is 0 Å². The number of rotatable bonds is 10. The van der Waals surface area contributed by atoms with Gasteiger partial charge < -0.3 is 18.6 Å². The van der Waals surface area contributed by atoms with Crippen molar-refractivity contribution < 1.29 is 0 Å². The van der Waals surface area contributed by atoms with Gasteiger partial charge in [-0.3, -0.25) is 0 Å². The van der Waals surface area contributed by atoms with Crippen LogP contribution in [0.3, 0.4) is 0 Å². The van der Waals surface area contributed by atoms with Crippen LogP contribution in [0.1, 0.15) is 63.8 Å². The van der Waals surface area contributed by atoms with E-state index in [1.165, 1.54) is 143 Å². The summed E-state index contributed by atoms with van der Waals surface area (Å²) in [6.07, 6.45) is 0. The second kappa shape index (κ2) is 20.8. The van der Waals surface area contributed by atoms with Crippen LogP contribution in [0.5, 0.6) is 0 Å². The van der Waals surface area contributed by atoms with Crippen LogP contribution >= 0.6 is 0 Å². The van der Waals surface area contributed by atoms with Crippen molar-refractivity contribution in [2.45, 2.75) is 66.2 Å². The fourth-order valence-corrected chi connectivity index (χ4v) is 15.1. The lowest BCUT2D eigenvalue weighted by Crippen LogP contribution is -2.15. The second-order valence-electron chi connectivity index (χ2n) is 27.4. The summed E-state index contributed by atoms with van der Waals surface area (Å²) in [4.78, 5) is 5.16. The minimum atomic E-state index is -0.0690. The SMILES string of the molecule is Cc1ccc(N(c2ccc(C(C)(C)C)cc2-c2ccccc2)c2ccc3c4cc5c(cc4n4c6ccccc6c2c34)c2ccc(N(c3ccc(C)cc3-c3ccccc3)c3ccc(C(C)(C)C)cc3-c3ccccc3)c3c4ccccc4n5c23)c(-c2ccccc2)c1. The minimum absolute atomic E-state index is 0.0690. The van der Waals surface area contributed by atoms with E-state index >= 15 is 0 Å². The molecule has 4 aromatic heterocycles. The van der Waals surface area contributed by atoms with Crippen LogP contribution in [-0.2, 0) is 10.8 Å². The highest BCUT2D eigenvalue weighted by molar-refractivity contribution is 6.32. The Labute approximate surface area is 537 Å². The summed E-state index contributed by atoms with van der Waals surface area (Å²) in [5.41, 5.74) is 28.3. The minimum Gasteiger partial charge on any atom is -0.309 e. The number of nitrogens with zero attached hydrogens (tertiary/aromatic N) is 4. The quantitative estimate of drug-likeness (QED) is 0.136. The zero-order valence-electron chi connectivity index (χ0n) is 53.3. The molecule has 17 rings (SSSR count). The molecule has 4 heterocycles. The molecule has 92 heavy (non-hydrogen) atoms. The molecule has 0 saturated carbocycles. The predicted octanol–water partition coefficient (Wildman–Crippen LogP) is 24.8. The Morgan fingerprint density at radius 2 is 0.554 bits per heavy atom. The molecule has 0 spiro atoms. The normalized spacial score (nSPS) is 12.3. The van der Waals surface area contributed by atoms with Gasteiger partial charge in [0.15, 0.2) is 0 Å². The number of hydrogen-bond acceptors (Lipinski definition) is 2. The Kier molecular flexibility index (Phi) is 12.5. The van der Waals surface area contributed by atoms with Crippen molar-refractivity contribution in [1.29, 1.82) is 0 Å². The predicted molar refractivity (Wildman–Crippen MR) is 394 cm³/mol. The van der Waals surface area contributed by atoms with E-state index in [-0.39, 0.29) is 10.8 Å². The molecular weight excluding hydrogens is 1110 g/mol. The molecule has 0 N–H and O–H groups in total. The molecule has 0 saturated heterocycles. The Balaban J connectivity index is 0.952. The smallest absolute Gasteiger partial charge is 0.0641 e. The molecule has 0 bridgehead atoms. The van der Waals surface area contributed by atoms with E-state index in [4.69, 9.17) is 0 Å². The van der Waals surface area contributed by atoms with Crippen molar-refractivity contribution in [3.05, 3.63) is 301 Å². The lowest BCUT2D eigenvalue weighted by atomic mass is 9.84. The topological polar surface area (TPSA) is 15.3 Å². The van der Waals surface area contributed by atoms with Crippen molar-refractivity contribution in [1.82, 2.24) is 8.80 Å². The number of para-hydroxylation sites is 2. The summed E-state index contributed by atoms with van der Waals surface area (Å²) < 4.78 is 5.17. The molecule has 4 heteroatoms. The zero-order valence-corrected chi connectivity index (χ0v) is 53.3. The van der Waals surface area contributed by atoms with Gasteiger partial charge in [0, 0.05) is 65.3 Å². The van der Waals surface area contributed by atoms with E-state index in [2.05, 4.69) is 353 Å². The number of aryl methyl sites for hydroxylation is 2. The number of benzene rings is 13. The van der Waals surface area contributed by atoms with Gasteiger partial charge in [-0.2, -0.15) is 0 Å². The van der Waals surface area contributed by atoms with Crippen LogP contribution in [0.4, 0.5) is 34.1 Å². The van der Waals surface area contributed by atoms with Gasteiger partial charge in [-0.15, -0.1) is 0 Å². The zero-order chi connectivity index (χ0) is 62.3. The van der Waals surface area contributed by atoms with Crippen LogP contribution in [0.25, 0.3) is 121 Å². The van der Waals surface area contributed by atoms with Gasteiger partial charge in [0.1, 0.15) is 0 Å². The van der Waals surface area contributed by atoms with Crippen molar-refractivity contribution in [2.75, 3.05) is 9.80 Å². The molecule has 0 fully saturated rings. The van der Waals surface area contributed by atoms with Gasteiger partial charge in [-0.1, -0.05) is 247 Å². The first kappa shape index (κ1) is 55.2. The lowest BCUT2D eigenvalue weighted by Gasteiger charge is -2.32. The molecule has 4 nitrogen and oxygen atoms in total. The monoisotopic (exact) mass is 1180 g/mol. The standard InChI is InChI=1S/C88H70N4/c1-55-37-43-75(67(49-55)57-25-13-9-14-26-57)89(77-45-39-61(87(3,4)5)51-69(77)59-29-17-11-18-30-59)79-47-41-63-71-53-82-72(54-81(71)91-73-35-23-21-33-65(73)83(79)85(63)91)64-42-48-80(84-66-34-22-24-36-74(66)92(82)86(64)84)90(76-44-38-56(2)50-68(76)58-27-15-10-16-28-58)78-46-40-62(88(6,7)8)52-70(78)60-31-19-12-20-32-60/h9-54H,1-8H3. The fraction of sp³-hybridized carbons (Fsp3) is 0.114. The third-order valence-corrected chi connectivity index (χ3v) is 19.6. The number of fused-ring (bicyclic) bond motifs is 12. The Bertz CT molecular complexity index is 5370. The summed E-state index contributed by atoms with van der Waals surface area (Å²) in [6.45, 7) is 18.3. The summed E-state index contributed by atoms with van der Waals surface area (Å²) in [5.74, 6) is 0. The van der Waals surface area contributed by atoms with Crippen LogP contribution in [0, 0.1) is 13.8 Å². The van der Waals surface area contributed by atoms with Crippen LogP contribution in [0.15, 0.2) is 279 Å². The third kappa shape index (κ3) is 8.57. The lowest BCUT2D eigenvalue weighted by molar-refractivity contribution is 0.590. The van der Waals surface area contributed by atoms with E-state index in [0.29, 0.717) is 0 Å². The highest BCUT2D eigenvalue weighted by Crippen LogP contribution is 2.55. The van der Waals surface area contributed by atoms with Crippen LogP contribution in [0.2, 0.25) is 0 Å². The summed E-state index contributed by atoms with van der Waals surface area (Å²) in [6, 6.07) is 105. The molecule has 0 aliphatic heterocycles. The van der Waals surface area contributed by atoms with E-state index < -0.39 is 0 Å². The van der Waals surface area contributed by atoms with Gasteiger partial charge in [0.25, 0.3) is 0 Å². The van der Waals surface area contributed by atoms with Gasteiger partial charge in [0.2, 0.25) is 0 Å². The average Bonchev–Trinajstić information content (AvgIpc) is 1.52. The molecule has 0 aliphatic carbocycles. The molecule has 13 aromatic carbocycles. The van der Waals surface area contributed by atoms with E-state index in [0.717, 1.165) is 34.1 Å². The third-order valence-electron chi connectivity index (χ3n) is 19.6. The van der Waals surface area contributed by atoms with Crippen molar-refractivity contribution in [3.8, 4) is 44.5 Å². The molecule has 442 valence electrons. The Hall–Kier alpha value is -10.9. The maximum Gasteiger partial charge on any atom is 0.0641 e. The molecule has 0 aliphatic rings. The van der Waals surface area contributed by atoms with E-state index in [9.17, 15) is 0 Å². The highest BCUT2D eigenvalue weighted by Gasteiger charge is 2.32. The highest BCUT2D eigenvalue weighted by atomic mass is 15.2. The first-order chi connectivity index (χ1) is 44.8. The van der Waals surface area contributed by atoms with Gasteiger partial charge >= 0.3 is 0 Å². The van der Waals surface area contributed by atoms with Gasteiger partial charge in [0.05, 0.1) is 67.2 Å². The van der Waals surface area contributed by atoms with Crippen molar-refractivity contribution >= 4 is 110 Å². The molecule has 0 radical (unpaired) electrons. The number of anilines is 6. The molecular formula is C88H70N4. The first-order valence-corrected chi connectivity index (χ1v) is 32.4.